The van der Waals surface area contributed by atoms with E-state index in [2.05, 4.69) is 26.5 Å². The molecule has 4 rings (SSSR count). The van der Waals surface area contributed by atoms with Gasteiger partial charge in [-0.2, -0.15) is 5.10 Å². The summed E-state index contributed by atoms with van der Waals surface area (Å²) in [6, 6.07) is 16.6. The number of hydrogen-bond donors (Lipinski definition) is 1. The molecular formula is C26H23BrCl2N2O4S2. The molecule has 1 aliphatic heterocycles. The van der Waals surface area contributed by atoms with Gasteiger partial charge in [-0.3, -0.25) is 4.79 Å². The first-order chi connectivity index (χ1) is 17.9. The van der Waals surface area contributed by atoms with Gasteiger partial charge in [-0.1, -0.05) is 41.4 Å². The molecule has 0 bridgehead atoms. The predicted molar refractivity (Wildman–Crippen MR) is 157 cm³/mol. The maximum atomic E-state index is 12.2. The van der Waals surface area contributed by atoms with Gasteiger partial charge in [-0.25, -0.2) is 5.43 Å². The molecular weight excluding hydrogens is 619 g/mol. The van der Waals surface area contributed by atoms with Gasteiger partial charge in [-0.05, 0) is 63.5 Å². The van der Waals surface area contributed by atoms with Crippen molar-refractivity contribution in [2.45, 2.75) is 11.2 Å². The van der Waals surface area contributed by atoms with Crippen molar-refractivity contribution in [1.82, 2.24) is 5.43 Å². The number of hydrogen-bond acceptors (Lipinski definition) is 7. The minimum absolute atomic E-state index is 0.142. The Bertz CT molecular complexity index is 1270. The molecule has 0 atom stereocenters. The minimum Gasteiger partial charge on any atom is -0.493 e. The van der Waals surface area contributed by atoms with E-state index in [1.54, 1.807) is 31.4 Å². The summed E-state index contributed by atoms with van der Waals surface area (Å²) in [5.41, 5.74) is 5.22. The lowest BCUT2D eigenvalue weighted by molar-refractivity contribution is -0.123. The number of amides is 1. The maximum Gasteiger partial charge on any atom is 0.277 e. The summed E-state index contributed by atoms with van der Waals surface area (Å²) in [7, 11) is 1.54. The number of rotatable bonds is 10. The number of benzene rings is 3. The van der Waals surface area contributed by atoms with Crippen molar-refractivity contribution in [1.29, 1.82) is 0 Å². The van der Waals surface area contributed by atoms with E-state index >= 15 is 0 Å². The van der Waals surface area contributed by atoms with Crippen LogP contribution in [0.1, 0.15) is 21.3 Å². The summed E-state index contributed by atoms with van der Waals surface area (Å²) < 4.78 is 18.1. The van der Waals surface area contributed by atoms with Crippen LogP contribution in [0.2, 0.25) is 10.0 Å². The van der Waals surface area contributed by atoms with Crippen molar-refractivity contribution in [2.24, 2.45) is 5.10 Å². The van der Waals surface area contributed by atoms with Crippen molar-refractivity contribution in [3.05, 3.63) is 85.8 Å². The lowest BCUT2D eigenvalue weighted by atomic mass is 10.2. The molecule has 0 radical (unpaired) electrons. The van der Waals surface area contributed by atoms with Crippen molar-refractivity contribution < 1.29 is 19.0 Å². The highest BCUT2D eigenvalue weighted by atomic mass is 79.9. The monoisotopic (exact) mass is 640 g/mol. The van der Waals surface area contributed by atoms with Crippen molar-refractivity contribution in [3.8, 4) is 17.2 Å². The van der Waals surface area contributed by atoms with Gasteiger partial charge in [0.1, 0.15) is 12.4 Å². The van der Waals surface area contributed by atoms with Crippen LogP contribution in [0.25, 0.3) is 0 Å². The first-order valence-corrected chi connectivity index (χ1v) is 14.8. The number of halogens is 3. The van der Waals surface area contributed by atoms with Crippen molar-refractivity contribution >= 4 is 74.8 Å². The summed E-state index contributed by atoms with van der Waals surface area (Å²) in [5.74, 6) is 3.63. The highest BCUT2D eigenvalue weighted by Crippen LogP contribution is 2.45. The summed E-state index contributed by atoms with van der Waals surface area (Å²) in [6.45, 7) is 0.0896. The molecule has 0 aliphatic carbocycles. The number of nitrogens with one attached hydrogen (secondary N) is 1. The van der Waals surface area contributed by atoms with Crippen molar-refractivity contribution in [3.63, 3.8) is 0 Å². The Morgan fingerprint density at radius 1 is 1.11 bits per heavy atom. The third-order valence-corrected chi connectivity index (χ3v) is 9.47. The fraction of sp³-hybridized carbons (Fsp3) is 0.231. The molecule has 1 heterocycles. The van der Waals surface area contributed by atoms with Gasteiger partial charge in [-0.15, -0.1) is 23.5 Å². The Hall–Kier alpha value is -2.04. The Morgan fingerprint density at radius 2 is 1.86 bits per heavy atom. The molecule has 1 saturated heterocycles. The lowest BCUT2D eigenvalue weighted by Gasteiger charge is -2.14. The van der Waals surface area contributed by atoms with Crippen LogP contribution in [0.15, 0.2) is 64.2 Å². The number of carbonyl (C=O) groups excluding carboxylic acids is 1. The highest BCUT2D eigenvalue weighted by molar-refractivity contribution is 9.10. The van der Waals surface area contributed by atoms with E-state index in [0.29, 0.717) is 41.9 Å². The predicted octanol–water partition coefficient (Wildman–Crippen LogP) is 7.35. The zero-order chi connectivity index (χ0) is 26.2. The molecule has 1 N–H and O–H groups in total. The molecule has 1 aliphatic rings. The Kier molecular flexibility index (Phi) is 10.3. The Balaban J connectivity index is 1.29. The number of nitrogens with zero attached hydrogens (tertiary/aromatic N) is 1. The average molecular weight is 642 g/mol. The van der Waals surface area contributed by atoms with Gasteiger partial charge in [0, 0.05) is 27.1 Å². The summed E-state index contributed by atoms with van der Waals surface area (Å²) in [4.78, 5) is 12.2. The molecule has 1 amide bonds. The quantitative estimate of drug-likeness (QED) is 0.184. The van der Waals surface area contributed by atoms with E-state index < -0.39 is 0 Å². The van der Waals surface area contributed by atoms with E-state index in [4.69, 9.17) is 37.4 Å². The van der Waals surface area contributed by atoms with Crippen LogP contribution in [-0.4, -0.2) is 37.3 Å². The number of methoxy groups -OCH3 is 1. The Morgan fingerprint density at radius 3 is 2.57 bits per heavy atom. The third-order valence-electron chi connectivity index (χ3n) is 5.19. The van der Waals surface area contributed by atoms with Crippen LogP contribution >= 0.6 is 62.7 Å². The molecule has 0 saturated carbocycles. The molecule has 0 aromatic heterocycles. The Labute approximate surface area is 242 Å². The number of thioether (sulfide) groups is 2. The van der Waals surface area contributed by atoms with Gasteiger partial charge in [0.05, 0.1) is 22.4 Å². The van der Waals surface area contributed by atoms with Crippen LogP contribution in [0.5, 0.6) is 17.2 Å². The van der Waals surface area contributed by atoms with Crippen LogP contribution in [0, 0.1) is 0 Å². The zero-order valence-electron chi connectivity index (χ0n) is 19.7. The summed E-state index contributed by atoms with van der Waals surface area (Å²) in [6.07, 6.45) is 1.51. The molecule has 194 valence electrons. The molecule has 1 fully saturated rings. The maximum absolute atomic E-state index is 12.2. The molecule has 0 spiro atoms. The lowest BCUT2D eigenvalue weighted by Crippen LogP contribution is -2.24. The van der Waals surface area contributed by atoms with E-state index in [0.717, 1.165) is 5.56 Å². The second-order valence-corrected chi connectivity index (χ2v) is 12.2. The van der Waals surface area contributed by atoms with Crippen LogP contribution in [0.4, 0.5) is 0 Å². The molecule has 3 aromatic carbocycles. The van der Waals surface area contributed by atoms with Gasteiger partial charge in [0.15, 0.2) is 18.1 Å². The van der Waals surface area contributed by atoms with E-state index in [-0.39, 0.29) is 19.1 Å². The van der Waals surface area contributed by atoms with Gasteiger partial charge in [0.25, 0.3) is 5.91 Å². The highest BCUT2D eigenvalue weighted by Gasteiger charge is 2.18. The first kappa shape index (κ1) is 28.0. The molecule has 11 heteroatoms. The van der Waals surface area contributed by atoms with Crippen LogP contribution < -0.4 is 19.6 Å². The largest absolute Gasteiger partial charge is 0.493 e. The number of carbonyl (C=O) groups is 1. The number of hydrazone groups is 1. The standard InChI is InChI=1S/C26H23BrCl2N2O4S2/c1-33-23-11-16(10-21(27)25(23)35-14-18-2-5-19(28)12-22(18)29)13-30-31-24(32)15-34-20-6-3-17(4-7-20)26-36-8-9-37-26/h2-7,10-13,26H,8-9,14-15H2,1H3,(H,31,32)/b30-13-. The topological polar surface area (TPSA) is 69.2 Å². The normalized spacial score (nSPS) is 13.6. The number of ether oxygens (including phenoxy) is 3. The summed E-state index contributed by atoms with van der Waals surface area (Å²) >= 11 is 19.6. The van der Waals surface area contributed by atoms with Crippen LogP contribution in [0.3, 0.4) is 0 Å². The fourth-order valence-electron chi connectivity index (χ4n) is 3.38. The SMILES string of the molecule is COc1cc(/C=N\NC(=O)COc2ccc(C3SCCS3)cc2)cc(Br)c1OCc1ccc(Cl)cc1Cl. The second-order valence-electron chi connectivity index (χ2n) is 7.78. The van der Waals surface area contributed by atoms with E-state index in [9.17, 15) is 4.79 Å². The molecule has 37 heavy (non-hydrogen) atoms. The smallest absolute Gasteiger partial charge is 0.277 e. The fourth-order valence-corrected chi connectivity index (χ4v) is 7.27. The summed E-state index contributed by atoms with van der Waals surface area (Å²) in [5, 5.41) is 5.10. The first-order valence-electron chi connectivity index (χ1n) is 11.1. The van der Waals surface area contributed by atoms with Crippen LogP contribution in [-0.2, 0) is 11.4 Å². The molecule has 0 unspecified atom stereocenters. The zero-order valence-corrected chi connectivity index (χ0v) is 24.4. The average Bonchev–Trinajstić information content (AvgIpc) is 3.43. The minimum atomic E-state index is -0.368. The van der Waals surface area contributed by atoms with Gasteiger partial charge >= 0.3 is 0 Å². The van der Waals surface area contributed by atoms with E-state index in [1.807, 2.05) is 53.9 Å². The van der Waals surface area contributed by atoms with Crippen molar-refractivity contribution in [2.75, 3.05) is 25.2 Å². The van der Waals surface area contributed by atoms with E-state index in [1.165, 1.54) is 23.3 Å². The van der Waals surface area contributed by atoms with Gasteiger partial charge in [0.2, 0.25) is 0 Å². The third kappa shape index (κ3) is 7.97. The molecule has 3 aromatic rings. The second kappa shape index (κ2) is 13.7. The molecule has 6 nitrogen and oxygen atoms in total. The van der Waals surface area contributed by atoms with Gasteiger partial charge < -0.3 is 14.2 Å².